The second-order valence-corrected chi connectivity index (χ2v) is 16.2. The second-order valence-electron chi connectivity index (χ2n) is 5.91. The van der Waals surface area contributed by atoms with Gasteiger partial charge in [0.05, 0.1) is 0 Å². The van der Waals surface area contributed by atoms with Gasteiger partial charge < -0.3 is 0 Å². The second kappa shape index (κ2) is 6.71. The normalized spacial score (nSPS) is 29.1. The Morgan fingerprint density at radius 2 is 1.95 bits per heavy atom. The molecule has 1 aliphatic rings. The summed E-state index contributed by atoms with van der Waals surface area (Å²) in [4.78, 5) is 0. The Kier molecular flexibility index (Phi) is 5.66. The molecule has 4 heteroatoms. The molecule has 1 aliphatic heterocycles. The number of benzene rings is 1. The molecule has 0 amide bonds. The molecule has 0 aliphatic carbocycles. The van der Waals surface area contributed by atoms with Crippen molar-refractivity contribution >= 4 is 47.8 Å². The first-order valence-electron chi connectivity index (χ1n) is 7.20. The molecule has 0 radical (unpaired) electrons. The Morgan fingerprint density at radius 1 is 1.35 bits per heavy atom. The fourth-order valence-electron chi connectivity index (χ4n) is 3.26. The SMILES string of the molecule is C[CH2][Ge]1([CH2]C)[CH2][C@](C)(/C=C/I)[C@@H](c2ccc(Cl)cc2)[O]1. The van der Waals surface area contributed by atoms with Crippen molar-refractivity contribution in [3.63, 3.8) is 0 Å². The standard InChI is InChI=1S/C16H22ClGeIO/c1-4-18(5-2)12-16(3,10-11-19)15(20-18)13-6-8-14(17)9-7-13/h6-11,15H,4-5,12H2,1-3H3/b11-10+/t15-,16+/m1/s1. The number of hydrogen-bond donors (Lipinski definition) is 0. The van der Waals surface area contributed by atoms with E-state index in [1.807, 2.05) is 12.1 Å². The van der Waals surface area contributed by atoms with Crippen LogP contribution >= 0.6 is 34.2 Å². The average molecular weight is 465 g/mol. The van der Waals surface area contributed by atoms with E-state index in [0.717, 1.165) is 5.02 Å². The van der Waals surface area contributed by atoms with E-state index in [4.69, 9.17) is 15.4 Å². The predicted molar refractivity (Wildman–Crippen MR) is 98.1 cm³/mol. The quantitative estimate of drug-likeness (QED) is 0.372. The summed E-state index contributed by atoms with van der Waals surface area (Å²) >= 11 is 6.18. The van der Waals surface area contributed by atoms with Crippen LogP contribution in [0.3, 0.4) is 0 Å². The maximum atomic E-state index is 6.73. The molecule has 2 atom stereocenters. The predicted octanol–water partition coefficient (Wildman–Crippen LogP) is 6.35. The summed E-state index contributed by atoms with van der Waals surface area (Å²) in [5, 5.41) is 4.53. The molecule has 1 heterocycles. The molecule has 0 aromatic heterocycles. The first-order valence-corrected chi connectivity index (χ1v) is 14.1. The zero-order valence-corrected chi connectivity index (χ0v) is 17.3. The zero-order valence-electron chi connectivity index (χ0n) is 12.3. The first-order chi connectivity index (χ1) is 9.48. The van der Waals surface area contributed by atoms with Gasteiger partial charge in [0.2, 0.25) is 0 Å². The van der Waals surface area contributed by atoms with E-state index >= 15 is 0 Å². The Bertz CT molecular complexity index is 484. The average Bonchev–Trinajstić information content (AvgIpc) is 2.74. The van der Waals surface area contributed by atoms with Gasteiger partial charge in [-0.1, -0.05) is 0 Å². The Hall–Kier alpha value is 0.483. The molecule has 0 N–H and O–H groups in total. The summed E-state index contributed by atoms with van der Waals surface area (Å²) in [6.07, 6.45) is 2.52. The summed E-state index contributed by atoms with van der Waals surface area (Å²) in [5.74, 6) is 0. The van der Waals surface area contributed by atoms with E-state index < -0.39 is 13.6 Å². The van der Waals surface area contributed by atoms with E-state index in [0.29, 0.717) is 0 Å². The first kappa shape index (κ1) is 16.8. The van der Waals surface area contributed by atoms with Crippen molar-refractivity contribution in [2.24, 2.45) is 5.41 Å². The van der Waals surface area contributed by atoms with Crippen molar-refractivity contribution in [2.75, 3.05) is 0 Å². The van der Waals surface area contributed by atoms with Crippen molar-refractivity contribution < 1.29 is 3.76 Å². The van der Waals surface area contributed by atoms with Crippen LogP contribution in [0.5, 0.6) is 0 Å². The van der Waals surface area contributed by atoms with Gasteiger partial charge in [0.1, 0.15) is 0 Å². The Labute approximate surface area is 144 Å². The molecule has 1 saturated heterocycles. The van der Waals surface area contributed by atoms with Gasteiger partial charge in [0.25, 0.3) is 0 Å². The summed E-state index contributed by atoms with van der Waals surface area (Å²) in [5.41, 5.74) is 1.39. The summed E-state index contributed by atoms with van der Waals surface area (Å²) in [7, 11) is 0. The molecule has 0 unspecified atom stereocenters. The van der Waals surface area contributed by atoms with Crippen molar-refractivity contribution in [3.8, 4) is 0 Å². The van der Waals surface area contributed by atoms with Crippen LogP contribution < -0.4 is 0 Å². The van der Waals surface area contributed by atoms with E-state index in [-0.39, 0.29) is 11.5 Å². The van der Waals surface area contributed by atoms with Crippen molar-refractivity contribution in [3.05, 3.63) is 45.0 Å². The van der Waals surface area contributed by atoms with Crippen molar-refractivity contribution in [1.29, 1.82) is 0 Å². The molecule has 2 rings (SSSR count). The van der Waals surface area contributed by atoms with Gasteiger partial charge in [-0.3, -0.25) is 0 Å². The van der Waals surface area contributed by atoms with Crippen LogP contribution in [0.25, 0.3) is 0 Å². The van der Waals surface area contributed by atoms with Crippen LogP contribution in [-0.2, 0) is 3.76 Å². The minimum atomic E-state index is -2.16. The summed E-state index contributed by atoms with van der Waals surface area (Å²) in [6, 6.07) is 8.19. The zero-order chi connectivity index (χ0) is 14.8. The van der Waals surface area contributed by atoms with Crippen LogP contribution in [0.2, 0.25) is 20.8 Å². The van der Waals surface area contributed by atoms with Crippen LogP contribution in [0.1, 0.15) is 32.4 Å². The molecular formula is C16H22ClGeIO. The van der Waals surface area contributed by atoms with Crippen LogP contribution in [0.4, 0.5) is 0 Å². The third-order valence-electron chi connectivity index (χ3n) is 4.58. The third-order valence-corrected chi connectivity index (χ3v) is 15.1. The maximum absolute atomic E-state index is 6.73. The van der Waals surface area contributed by atoms with Gasteiger partial charge >= 0.3 is 145 Å². The van der Waals surface area contributed by atoms with E-state index in [2.05, 4.69) is 65.7 Å². The fourth-order valence-corrected chi connectivity index (χ4v) is 12.6. The van der Waals surface area contributed by atoms with Gasteiger partial charge in [-0.25, -0.2) is 0 Å². The van der Waals surface area contributed by atoms with Crippen molar-refractivity contribution in [1.82, 2.24) is 0 Å². The van der Waals surface area contributed by atoms with E-state index in [1.54, 1.807) is 0 Å². The molecule has 1 fully saturated rings. The third kappa shape index (κ3) is 3.28. The molecule has 0 spiro atoms. The molecule has 1 aromatic rings. The van der Waals surface area contributed by atoms with Crippen LogP contribution in [-0.4, -0.2) is 13.6 Å². The van der Waals surface area contributed by atoms with E-state index in [9.17, 15) is 0 Å². The summed E-state index contributed by atoms with van der Waals surface area (Å²) < 4.78 is 8.88. The monoisotopic (exact) mass is 466 g/mol. The molecular weight excluding hydrogens is 443 g/mol. The minimum absolute atomic E-state index is 0.126. The Balaban J connectivity index is 2.40. The molecule has 1 aromatic carbocycles. The van der Waals surface area contributed by atoms with Crippen LogP contribution in [0, 0.1) is 5.41 Å². The molecule has 110 valence electrons. The van der Waals surface area contributed by atoms with Gasteiger partial charge in [0.15, 0.2) is 0 Å². The van der Waals surface area contributed by atoms with Crippen LogP contribution in [0.15, 0.2) is 34.4 Å². The van der Waals surface area contributed by atoms with E-state index in [1.165, 1.54) is 21.3 Å². The van der Waals surface area contributed by atoms with Gasteiger partial charge in [-0.15, -0.1) is 0 Å². The Morgan fingerprint density at radius 3 is 2.45 bits per heavy atom. The van der Waals surface area contributed by atoms with Crippen molar-refractivity contribution in [2.45, 2.75) is 42.6 Å². The molecule has 0 saturated carbocycles. The molecule has 20 heavy (non-hydrogen) atoms. The van der Waals surface area contributed by atoms with Gasteiger partial charge in [0, 0.05) is 0 Å². The number of halogens is 2. The van der Waals surface area contributed by atoms with Gasteiger partial charge in [-0.05, 0) is 0 Å². The number of rotatable bonds is 4. The topological polar surface area (TPSA) is 9.23 Å². The summed E-state index contributed by atoms with van der Waals surface area (Å²) in [6.45, 7) is 6.96. The molecule has 0 bridgehead atoms. The molecule has 1 nitrogen and oxygen atoms in total. The number of hydrogen-bond acceptors (Lipinski definition) is 1. The fraction of sp³-hybridized carbons (Fsp3) is 0.500. The van der Waals surface area contributed by atoms with Gasteiger partial charge in [-0.2, -0.15) is 0 Å².